The Morgan fingerprint density at radius 3 is 2.42 bits per heavy atom. The van der Waals surface area contributed by atoms with Crippen LogP contribution in [-0.2, 0) is 0 Å². The van der Waals surface area contributed by atoms with Crippen LogP contribution in [0.2, 0.25) is 0 Å². The third-order valence-corrected chi connectivity index (χ3v) is 3.27. The van der Waals surface area contributed by atoms with Crippen molar-refractivity contribution in [3.8, 4) is 17.0 Å². The second-order valence-electron chi connectivity index (χ2n) is 4.98. The lowest BCUT2D eigenvalue weighted by Crippen LogP contribution is -2.20. The van der Waals surface area contributed by atoms with E-state index in [0.29, 0.717) is 17.8 Å². The number of rotatable bonds is 5. The van der Waals surface area contributed by atoms with E-state index in [1.54, 1.807) is 7.11 Å². The Morgan fingerprint density at radius 1 is 1.16 bits per heavy atom. The summed E-state index contributed by atoms with van der Waals surface area (Å²) in [4.78, 5) is 0. The van der Waals surface area contributed by atoms with Gasteiger partial charge in [0.15, 0.2) is 0 Å². The molecule has 19 heavy (non-hydrogen) atoms. The zero-order valence-corrected chi connectivity index (χ0v) is 11.8. The monoisotopic (exact) mass is 260 g/mol. The molecular formula is C15H20N2O2. The normalized spacial score (nSPS) is 12.5. The van der Waals surface area contributed by atoms with Gasteiger partial charge in [0.05, 0.1) is 7.11 Å². The lowest BCUT2D eigenvalue weighted by atomic mass is 10.1. The van der Waals surface area contributed by atoms with E-state index < -0.39 is 0 Å². The van der Waals surface area contributed by atoms with Gasteiger partial charge in [-0.3, -0.25) is 0 Å². The van der Waals surface area contributed by atoms with Crippen molar-refractivity contribution in [3.05, 3.63) is 30.3 Å². The van der Waals surface area contributed by atoms with Crippen LogP contribution in [0.4, 0.5) is 5.88 Å². The lowest BCUT2D eigenvalue weighted by Gasteiger charge is -2.15. The third-order valence-electron chi connectivity index (χ3n) is 3.27. The molecule has 0 spiro atoms. The minimum atomic E-state index is 0.344. The predicted molar refractivity (Wildman–Crippen MR) is 76.4 cm³/mol. The summed E-state index contributed by atoms with van der Waals surface area (Å²) in [6.07, 6.45) is 0. The summed E-state index contributed by atoms with van der Waals surface area (Å²) in [7, 11) is 1.65. The Hall–Kier alpha value is -1.97. The minimum absolute atomic E-state index is 0.344. The fraction of sp³-hybridized carbons (Fsp3) is 0.400. The van der Waals surface area contributed by atoms with Crippen molar-refractivity contribution in [2.75, 3.05) is 12.4 Å². The fourth-order valence-corrected chi connectivity index (χ4v) is 1.63. The molecular weight excluding hydrogens is 240 g/mol. The predicted octanol–water partition coefficient (Wildman–Crippen LogP) is 3.81. The highest BCUT2D eigenvalue weighted by molar-refractivity contribution is 5.62. The second-order valence-corrected chi connectivity index (χ2v) is 4.98. The molecule has 2 aromatic rings. The number of benzene rings is 1. The van der Waals surface area contributed by atoms with E-state index in [0.717, 1.165) is 17.0 Å². The molecule has 102 valence electrons. The molecule has 1 N–H and O–H groups in total. The molecule has 0 saturated heterocycles. The van der Waals surface area contributed by atoms with Crippen LogP contribution < -0.4 is 10.1 Å². The van der Waals surface area contributed by atoms with Crippen molar-refractivity contribution >= 4 is 5.88 Å². The van der Waals surface area contributed by atoms with Crippen LogP contribution >= 0.6 is 0 Å². The largest absolute Gasteiger partial charge is 0.497 e. The van der Waals surface area contributed by atoms with Crippen LogP contribution in [-0.4, -0.2) is 18.3 Å². The van der Waals surface area contributed by atoms with Crippen molar-refractivity contribution < 1.29 is 9.26 Å². The average Bonchev–Trinajstić information content (AvgIpc) is 2.87. The molecule has 0 aliphatic carbocycles. The van der Waals surface area contributed by atoms with Gasteiger partial charge in [0, 0.05) is 17.7 Å². The zero-order chi connectivity index (χ0) is 13.8. The van der Waals surface area contributed by atoms with Crippen LogP contribution in [0.3, 0.4) is 0 Å². The van der Waals surface area contributed by atoms with Gasteiger partial charge in [-0.15, -0.1) is 0 Å². The van der Waals surface area contributed by atoms with Crippen molar-refractivity contribution in [1.82, 2.24) is 5.16 Å². The summed E-state index contributed by atoms with van der Waals surface area (Å²) in [6, 6.07) is 10.0. The van der Waals surface area contributed by atoms with Crippen LogP contribution in [0.1, 0.15) is 20.8 Å². The molecule has 1 aromatic heterocycles. The van der Waals surface area contributed by atoms with Crippen LogP contribution in [0, 0.1) is 5.92 Å². The Kier molecular flexibility index (Phi) is 4.10. The molecule has 1 unspecified atom stereocenters. The lowest BCUT2D eigenvalue weighted by molar-refractivity contribution is 0.414. The van der Waals surface area contributed by atoms with Crippen molar-refractivity contribution in [3.63, 3.8) is 0 Å². The van der Waals surface area contributed by atoms with E-state index in [1.165, 1.54) is 0 Å². The summed E-state index contributed by atoms with van der Waals surface area (Å²) < 4.78 is 10.4. The molecule has 0 saturated carbocycles. The van der Waals surface area contributed by atoms with Crippen molar-refractivity contribution in [1.29, 1.82) is 0 Å². The first-order valence-corrected chi connectivity index (χ1v) is 6.48. The van der Waals surface area contributed by atoms with Gasteiger partial charge in [0.1, 0.15) is 11.4 Å². The summed E-state index contributed by atoms with van der Waals surface area (Å²) >= 11 is 0. The summed E-state index contributed by atoms with van der Waals surface area (Å²) in [5.74, 6) is 2.07. The summed E-state index contributed by atoms with van der Waals surface area (Å²) in [6.45, 7) is 6.46. The fourth-order valence-electron chi connectivity index (χ4n) is 1.63. The molecule has 1 atom stereocenters. The Balaban J connectivity index is 2.11. The van der Waals surface area contributed by atoms with E-state index in [4.69, 9.17) is 9.26 Å². The van der Waals surface area contributed by atoms with Gasteiger partial charge < -0.3 is 14.6 Å². The van der Waals surface area contributed by atoms with Crippen LogP contribution in [0.15, 0.2) is 34.9 Å². The molecule has 0 fully saturated rings. The number of aromatic nitrogens is 1. The van der Waals surface area contributed by atoms with Gasteiger partial charge in [-0.25, -0.2) is 0 Å². The SMILES string of the molecule is COc1ccc(-c2cc(NC(C)C(C)C)on2)cc1. The molecule has 0 aliphatic heterocycles. The Morgan fingerprint density at radius 2 is 1.84 bits per heavy atom. The Bertz CT molecular complexity index is 517. The topological polar surface area (TPSA) is 47.3 Å². The van der Waals surface area contributed by atoms with Gasteiger partial charge in [0.2, 0.25) is 5.88 Å². The van der Waals surface area contributed by atoms with E-state index in [-0.39, 0.29) is 0 Å². The van der Waals surface area contributed by atoms with Crippen LogP contribution in [0.5, 0.6) is 5.75 Å². The zero-order valence-electron chi connectivity index (χ0n) is 11.8. The number of anilines is 1. The maximum Gasteiger partial charge on any atom is 0.225 e. The average molecular weight is 260 g/mol. The maximum atomic E-state index is 5.30. The van der Waals surface area contributed by atoms with Crippen LogP contribution in [0.25, 0.3) is 11.3 Å². The highest BCUT2D eigenvalue weighted by atomic mass is 16.5. The smallest absolute Gasteiger partial charge is 0.225 e. The molecule has 4 nitrogen and oxygen atoms in total. The molecule has 2 rings (SSSR count). The highest BCUT2D eigenvalue weighted by Gasteiger charge is 2.11. The van der Waals surface area contributed by atoms with Gasteiger partial charge in [-0.05, 0) is 37.1 Å². The van der Waals surface area contributed by atoms with E-state index in [2.05, 4.69) is 31.2 Å². The summed E-state index contributed by atoms with van der Waals surface area (Å²) in [5, 5.41) is 7.38. The van der Waals surface area contributed by atoms with E-state index in [1.807, 2.05) is 30.3 Å². The molecule has 0 aliphatic rings. The first-order valence-electron chi connectivity index (χ1n) is 6.48. The number of nitrogens with one attached hydrogen (secondary N) is 1. The second kappa shape index (κ2) is 5.78. The molecule has 0 amide bonds. The first kappa shape index (κ1) is 13.5. The minimum Gasteiger partial charge on any atom is -0.497 e. The number of methoxy groups -OCH3 is 1. The molecule has 0 bridgehead atoms. The maximum absolute atomic E-state index is 5.30. The van der Waals surface area contributed by atoms with Gasteiger partial charge in [-0.2, -0.15) is 0 Å². The van der Waals surface area contributed by atoms with E-state index in [9.17, 15) is 0 Å². The van der Waals surface area contributed by atoms with E-state index >= 15 is 0 Å². The Labute approximate surface area is 113 Å². The molecule has 4 heteroatoms. The van der Waals surface area contributed by atoms with Crippen molar-refractivity contribution in [2.24, 2.45) is 5.92 Å². The molecule has 1 heterocycles. The molecule has 0 radical (unpaired) electrons. The van der Waals surface area contributed by atoms with Gasteiger partial charge in [-0.1, -0.05) is 19.0 Å². The standard InChI is InChI=1S/C15H20N2O2/c1-10(2)11(3)16-15-9-14(17-19-15)12-5-7-13(18-4)8-6-12/h5-11,16H,1-4H3. The van der Waals surface area contributed by atoms with Crippen molar-refractivity contribution in [2.45, 2.75) is 26.8 Å². The number of hydrogen-bond donors (Lipinski definition) is 1. The van der Waals surface area contributed by atoms with Gasteiger partial charge in [0.25, 0.3) is 0 Å². The first-order chi connectivity index (χ1) is 9.10. The number of hydrogen-bond acceptors (Lipinski definition) is 4. The molecule has 1 aromatic carbocycles. The number of ether oxygens (including phenoxy) is 1. The quantitative estimate of drug-likeness (QED) is 0.888. The number of nitrogens with zero attached hydrogens (tertiary/aromatic N) is 1. The van der Waals surface area contributed by atoms with Gasteiger partial charge >= 0.3 is 0 Å². The third kappa shape index (κ3) is 3.28. The summed E-state index contributed by atoms with van der Waals surface area (Å²) in [5.41, 5.74) is 1.83. The highest BCUT2D eigenvalue weighted by Crippen LogP contribution is 2.24.